The third-order valence-corrected chi connectivity index (χ3v) is 4.01. The van der Waals surface area contributed by atoms with Gasteiger partial charge in [0.05, 0.1) is 11.6 Å². The van der Waals surface area contributed by atoms with E-state index in [1.807, 2.05) is 26.8 Å². The maximum absolute atomic E-state index is 12.6. The molecular weight excluding hydrogens is 270 g/mol. The van der Waals surface area contributed by atoms with Crippen LogP contribution in [0.3, 0.4) is 0 Å². The van der Waals surface area contributed by atoms with E-state index in [1.54, 1.807) is 16.6 Å². The van der Waals surface area contributed by atoms with Gasteiger partial charge in [-0.3, -0.25) is 14.3 Å². The molecule has 116 valence electrons. The molecule has 1 aliphatic heterocycles. The number of nitrogens with zero attached hydrogens (tertiary/aromatic N) is 3. The lowest BCUT2D eigenvalue weighted by molar-refractivity contribution is -0.143. The van der Waals surface area contributed by atoms with Crippen molar-refractivity contribution in [2.75, 3.05) is 13.1 Å². The fourth-order valence-corrected chi connectivity index (χ4v) is 2.83. The van der Waals surface area contributed by atoms with Gasteiger partial charge in [-0.15, -0.1) is 0 Å². The quantitative estimate of drug-likeness (QED) is 0.921. The molecule has 2 atom stereocenters. The predicted octanol–water partition coefficient (Wildman–Crippen LogP) is 1.73. The maximum Gasteiger partial charge on any atom is 0.308 e. The van der Waals surface area contributed by atoms with Gasteiger partial charge in [-0.25, -0.2) is 0 Å². The van der Waals surface area contributed by atoms with E-state index in [4.69, 9.17) is 0 Å². The highest BCUT2D eigenvalue weighted by Gasteiger charge is 2.33. The minimum atomic E-state index is -0.827. The number of carbonyl (C=O) groups excluding carboxylic acids is 1. The van der Waals surface area contributed by atoms with Crippen LogP contribution in [0.25, 0.3) is 0 Å². The summed E-state index contributed by atoms with van der Waals surface area (Å²) in [6, 6.07) is 1.81. The molecule has 21 heavy (non-hydrogen) atoms. The molecule has 0 aromatic carbocycles. The monoisotopic (exact) mass is 293 g/mol. The molecule has 0 aliphatic carbocycles. The SMILES string of the molecule is CC1CC(C(=O)O)CN(C(=O)c2cc(C(C)C)nn2C)C1. The first-order valence-corrected chi connectivity index (χ1v) is 7.35. The topological polar surface area (TPSA) is 75.4 Å². The van der Waals surface area contributed by atoms with Crippen molar-refractivity contribution >= 4 is 11.9 Å². The molecule has 6 nitrogen and oxygen atoms in total. The van der Waals surface area contributed by atoms with Crippen LogP contribution in [-0.4, -0.2) is 44.8 Å². The van der Waals surface area contributed by atoms with Gasteiger partial charge < -0.3 is 10.0 Å². The molecule has 1 aliphatic rings. The summed E-state index contributed by atoms with van der Waals surface area (Å²) in [5.74, 6) is -0.983. The van der Waals surface area contributed by atoms with E-state index < -0.39 is 11.9 Å². The van der Waals surface area contributed by atoms with Gasteiger partial charge in [-0.05, 0) is 24.3 Å². The zero-order valence-electron chi connectivity index (χ0n) is 13.0. The minimum absolute atomic E-state index is 0.130. The Hall–Kier alpha value is -1.85. The second-order valence-electron chi connectivity index (χ2n) is 6.32. The molecule has 2 heterocycles. The van der Waals surface area contributed by atoms with E-state index in [2.05, 4.69) is 5.10 Å². The minimum Gasteiger partial charge on any atom is -0.481 e. The Morgan fingerprint density at radius 1 is 1.38 bits per heavy atom. The number of carboxylic acid groups (broad SMARTS) is 1. The summed E-state index contributed by atoms with van der Waals surface area (Å²) in [5, 5.41) is 13.6. The first kappa shape index (κ1) is 15.5. The Balaban J connectivity index is 2.21. The maximum atomic E-state index is 12.6. The molecule has 0 spiro atoms. The van der Waals surface area contributed by atoms with Crippen LogP contribution in [0.2, 0.25) is 0 Å². The zero-order valence-corrected chi connectivity index (χ0v) is 13.0. The van der Waals surface area contributed by atoms with Gasteiger partial charge >= 0.3 is 5.97 Å². The molecule has 1 fully saturated rings. The van der Waals surface area contributed by atoms with Crippen molar-refractivity contribution in [3.05, 3.63) is 17.5 Å². The van der Waals surface area contributed by atoms with E-state index in [9.17, 15) is 14.7 Å². The third kappa shape index (κ3) is 3.25. The standard InChI is InChI=1S/C15H23N3O3/c1-9(2)12-6-13(17(4)16-12)14(19)18-7-10(3)5-11(8-18)15(20)21/h6,9-11H,5,7-8H2,1-4H3,(H,20,21). The summed E-state index contributed by atoms with van der Waals surface area (Å²) in [4.78, 5) is 25.5. The largest absolute Gasteiger partial charge is 0.481 e. The van der Waals surface area contributed by atoms with E-state index in [0.717, 1.165) is 5.69 Å². The Morgan fingerprint density at radius 2 is 2.05 bits per heavy atom. The van der Waals surface area contributed by atoms with Crippen molar-refractivity contribution in [3.8, 4) is 0 Å². The molecule has 1 aromatic rings. The Kier molecular flexibility index (Phi) is 4.34. The lowest BCUT2D eigenvalue weighted by atomic mass is 9.90. The van der Waals surface area contributed by atoms with Gasteiger partial charge in [0.1, 0.15) is 5.69 Å². The van der Waals surface area contributed by atoms with Crippen LogP contribution in [-0.2, 0) is 11.8 Å². The molecule has 6 heteroatoms. The molecular formula is C15H23N3O3. The molecule has 1 N–H and O–H groups in total. The molecule has 2 unspecified atom stereocenters. The van der Waals surface area contributed by atoms with Crippen LogP contribution in [0.4, 0.5) is 0 Å². The van der Waals surface area contributed by atoms with Crippen molar-refractivity contribution < 1.29 is 14.7 Å². The molecule has 1 aromatic heterocycles. The zero-order chi connectivity index (χ0) is 15.7. The van der Waals surface area contributed by atoms with Crippen LogP contribution < -0.4 is 0 Å². The fraction of sp³-hybridized carbons (Fsp3) is 0.667. The average Bonchev–Trinajstić information content (AvgIpc) is 2.79. The van der Waals surface area contributed by atoms with Gasteiger partial charge in [0.25, 0.3) is 5.91 Å². The van der Waals surface area contributed by atoms with Gasteiger partial charge in [-0.1, -0.05) is 20.8 Å². The van der Waals surface area contributed by atoms with E-state index in [-0.39, 0.29) is 24.3 Å². The van der Waals surface area contributed by atoms with Crippen molar-refractivity contribution in [2.45, 2.75) is 33.1 Å². The number of carbonyl (C=O) groups is 2. The van der Waals surface area contributed by atoms with Crippen molar-refractivity contribution in [2.24, 2.45) is 18.9 Å². The first-order chi connectivity index (χ1) is 9.79. The van der Waals surface area contributed by atoms with Crippen molar-refractivity contribution in [3.63, 3.8) is 0 Å². The van der Waals surface area contributed by atoms with Crippen molar-refractivity contribution in [1.82, 2.24) is 14.7 Å². The number of piperidine rings is 1. The number of likely N-dealkylation sites (tertiary alicyclic amines) is 1. The van der Waals surface area contributed by atoms with Gasteiger partial charge in [0.2, 0.25) is 0 Å². The lowest BCUT2D eigenvalue weighted by Gasteiger charge is -2.34. The summed E-state index contributed by atoms with van der Waals surface area (Å²) < 4.78 is 1.59. The summed E-state index contributed by atoms with van der Waals surface area (Å²) >= 11 is 0. The smallest absolute Gasteiger partial charge is 0.308 e. The number of rotatable bonds is 3. The van der Waals surface area contributed by atoms with E-state index in [0.29, 0.717) is 18.7 Å². The highest BCUT2D eigenvalue weighted by atomic mass is 16.4. The molecule has 1 amide bonds. The molecule has 1 saturated heterocycles. The van der Waals surface area contributed by atoms with Crippen molar-refractivity contribution in [1.29, 1.82) is 0 Å². The lowest BCUT2D eigenvalue weighted by Crippen LogP contribution is -2.46. The second-order valence-corrected chi connectivity index (χ2v) is 6.32. The Bertz CT molecular complexity index is 550. The van der Waals surface area contributed by atoms with Crippen LogP contribution >= 0.6 is 0 Å². The van der Waals surface area contributed by atoms with Gasteiger partial charge in [0.15, 0.2) is 0 Å². The Morgan fingerprint density at radius 3 is 2.57 bits per heavy atom. The molecule has 2 rings (SSSR count). The number of aryl methyl sites for hydroxylation is 1. The van der Waals surface area contributed by atoms with Crippen LogP contribution in [0.15, 0.2) is 6.07 Å². The average molecular weight is 293 g/mol. The van der Waals surface area contributed by atoms with E-state index in [1.165, 1.54) is 0 Å². The fourth-order valence-electron chi connectivity index (χ4n) is 2.83. The van der Waals surface area contributed by atoms with Gasteiger partial charge in [-0.2, -0.15) is 5.10 Å². The molecule has 0 saturated carbocycles. The summed E-state index contributed by atoms with van der Waals surface area (Å²) in [6.45, 7) is 6.92. The van der Waals surface area contributed by atoms with Crippen LogP contribution in [0.5, 0.6) is 0 Å². The third-order valence-electron chi connectivity index (χ3n) is 4.01. The normalized spacial score (nSPS) is 22.6. The molecule has 0 radical (unpaired) electrons. The highest BCUT2D eigenvalue weighted by molar-refractivity contribution is 5.93. The predicted molar refractivity (Wildman–Crippen MR) is 78.1 cm³/mol. The number of aromatic nitrogens is 2. The summed E-state index contributed by atoms with van der Waals surface area (Å²) in [7, 11) is 1.75. The first-order valence-electron chi connectivity index (χ1n) is 7.35. The highest BCUT2D eigenvalue weighted by Crippen LogP contribution is 2.24. The molecule has 0 bridgehead atoms. The van der Waals surface area contributed by atoms with E-state index >= 15 is 0 Å². The number of aliphatic carboxylic acids is 1. The van der Waals surface area contributed by atoms with Gasteiger partial charge in [0, 0.05) is 20.1 Å². The number of hydrogen-bond donors (Lipinski definition) is 1. The number of carboxylic acids is 1. The number of amides is 1. The second kappa shape index (κ2) is 5.87. The number of hydrogen-bond acceptors (Lipinski definition) is 3. The Labute approximate surface area is 124 Å². The van der Waals surface area contributed by atoms with Crippen LogP contribution in [0.1, 0.15) is 49.3 Å². The van der Waals surface area contributed by atoms with Crippen LogP contribution in [0, 0.1) is 11.8 Å². The summed E-state index contributed by atoms with van der Waals surface area (Å²) in [6.07, 6.45) is 0.627. The summed E-state index contributed by atoms with van der Waals surface area (Å²) in [5.41, 5.74) is 1.40.